The highest BCUT2D eigenvalue weighted by atomic mass is 35.5. The van der Waals surface area contributed by atoms with Gasteiger partial charge in [-0.1, -0.05) is 22.9 Å². The van der Waals surface area contributed by atoms with Crippen molar-refractivity contribution in [1.82, 2.24) is 4.98 Å². The van der Waals surface area contributed by atoms with Gasteiger partial charge in [0.1, 0.15) is 0 Å². The number of hydrogen-bond acceptors (Lipinski definition) is 4. The third-order valence-electron chi connectivity index (χ3n) is 4.68. The lowest BCUT2D eigenvalue weighted by atomic mass is 10.1. The minimum Gasteiger partial charge on any atom is -0.376 e. The molecule has 4 rings (SSSR count). The molecule has 29 heavy (non-hydrogen) atoms. The van der Waals surface area contributed by atoms with Gasteiger partial charge in [0.25, 0.3) is 5.91 Å². The Hall–Kier alpha value is -2.16. The Morgan fingerprint density at radius 3 is 2.66 bits per heavy atom. The van der Waals surface area contributed by atoms with E-state index < -0.39 is 17.6 Å². The third-order valence-corrected chi connectivity index (χ3v) is 5.96. The second kappa shape index (κ2) is 7.93. The number of anilines is 1. The van der Waals surface area contributed by atoms with Crippen molar-refractivity contribution < 1.29 is 22.7 Å². The van der Waals surface area contributed by atoms with E-state index in [1.165, 1.54) is 28.4 Å². The van der Waals surface area contributed by atoms with Crippen LogP contribution in [-0.4, -0.2) is 30.1 Å². The lowest BCUT2D eigenvalue weighted by Gasteiger charge is -2.23. The molecule has 152 valence electrons. The molecule has 2 aromatic carbocycles. The Morgan fingerprint density at radius 1 is 1.24 bits per heavy atom. The molecule has 0 N–H and O–H groups in total. The van der Waals surface area contributed by atoms with Gasteiger partial charge in [0.05, 0.1) is 28.4 Å². The van der Waals surface area contributed by atoms with E-state index in [0.29, 0.717) is 22.3 Å². The molecule has 0 spiro atoms. The number of fused-ring (bicyclic) bond motifs is 1. The van der Waals surface area contributed by atoms with Crippen LogP contribution in [0.3, 0.4) is 0 Å². The number of carbonyl (C=O) groups is 1. The van der Waals surface area contributed by atoms with Gasteiger partial charge in [-0.2, -0.15) is 13.2 Å². The van der Waals surface area contributed by atoms with Crippen LogP contribution in [0.4, 0.5) is 18.3 Å². The number of nitrogens with zero attached hydrogens (tertiary/aromatic N) is 2. The quantitative estimate of drug-likeness (QED) is 0.515. The fraction of sp³-hybridized carbons (Fsp3) is 0.300. The molecule has 0 saturated carbocycles. The van der Waals surface area contributed by atoms with Crippen LogP contribution in [0.15, 0.2) is 42.5 Å². The molecule has 1 aromatic heterocycles. The second-order valence-corrected chi connectivity index (χ2v) is 8.18. The molecule has 4 nitrogen and oxygen atoms in total. The van der Waals surface area contributed by atoms with Crippen LogP contribution in [0.2, 0.25) is 5.02 Å². The van der Waals surface area contributed by atoms with E-state index >= 15 is 0 Å². The Morgan fingerprint density at radius 2 is 2.00 bits per heavy atom. The third kappa shape index (κ3) is 4.39. The first kappa shape index (κ1) is 20.1. The molecule has 1 unspecified atom stereocenters. The molecular formula is C20H16ClF3N2O2S. The molecule has 2 heterocycles. The van der Waals surface area contributed by atoms with Crippen molar-refractivity contribution >= 4 is 44.2 Å². The van der Waals surface area contributed by atoms with E-state index in [-0.39, 0.29) is 18.2 Å². The second-order valence-electron chi connectivity index (χ2n) is 6.73. The standard InChI is InChI=1S/C20H16ClF3N2O2S/c21-14-7-8-16-17(10-14)29-19(25-16)26(11-15-2-1-9-28-15)18(27)12-3-5-13(6-4-12)20(22,23)24/h3-8,10,15H,1-2,9,11H2. The number of benzene rings is 2. The summed E-state index contributed by atoms with van der Waals surface area (Å²) < 4.78 is 45.0. The summed E-state index contributed by atoms with van der Waals surface area (Å²) in [6.07, 6.45) is -2.87. The van der Waals surface area contributed by atoms with Crippen molar-refractivity contribution in [2.45, 2.75) is 25.1 Å². The first-order chi connectivity index (χ1) is 13.8. The molecule has 1 saturated heterocycles. The van der Waals surface area contributed by atoms with Gasteiger partial charge in [-0.15, -0.1) is 0 Å². The van der Waals surface area contributed by atoms with Crippen molar-refractivity contribution in [3.05, 3.63) is 58.6 Å². The van der Waals surface area contributed by atoms with Gasteiger partial charge >= 0.3 is 6.18 Å². The number of aromatic nitrogens is 1. The van der Waals surface area contributed by atoms with Crippen molar-refractivity contribution in [2.24, 2.45) is 0 Å². The largest absolute Gasteiger partial charge is 0.416 e. The van der Waals surface area contributed by atoms with Crippen LogP contribution in [0.5, 0.6) is 0 Å². The number of ether oxygens (including phenoxy) is 1. The Balaban J connectivity index is 1.68. The van der Waals surface area contributed by atoms with E-state index in [0.717, 1.165) is 29.7 Å². The average Bonchev–Trinajstić information content (AvgIpc) is 3.34. The van der Waals surface area contributed by atoms with E-state index in [2.05, 4.69) is 4.98 Å². The lowest BCUT2D eigenvalue weighted by molar-refractivity contribution is -0.137. The minimum absolute atomic E-state index is 0.135. The molecular weight excluding hydrogens is 425 g/mol. The maximum Gasteiger partial charge on any atom is 0.416 e. The molecule has 1 atom stereocenters. The van der Waals surface area contributed by atoms with E-state index in [9.17, 15) is 18.0 Å². The summed E-state index contributed by atoms with van der Waals surface area (Å²) >= 11 is 7.35. The van der Waals surface area contributed by atoms with E-state index in [1.54, 1.807) is 18.2 Å². The smallest absolute Gasteiger partial charge is 0.376 e. The maximum absolute atomic E-state index is 13.2. The van der Waals surface area contributed by atoms with Crippen LogP contribution in [0, 0.1) is 0 Å². The van der Waals surface area contributed by atoms with Crippen LogP contribution in [0.25, 0.3) is 10.2 Å². The van der Waals surface area contributed by atoms with Gasteiger partial charge < -0.3 is 4.74 Å². The Labute approximate surface area is 173 Å². The molecule has 1 fully saturated rings. The van der Waals surface area contributed by atoms with Gasteiger partial charge in [-0.25, -0.2) is 4.98 Å². The van der Waals surface area contributed by atoms with Crippen LogP contribution in [0.1, 0.15) is 28.8 Å². The zero-order chi connectivity index (χ0) is 20.6. The van der Waals surface area contributed by atoms with Gasteiger partial charge in [0.15, 0.2) is 5.13 Å². The summed E-state index contributed by atoms with van der Waals surface area (Å²) in [5.41, 5.74) is 0.0644. The number of hydrogen-bond donors (Lipinski definition) is 0. The Bertz CT molecular complexity index is 1030. The zero-order valence-corrected chi connectivity index (χ0v) is 16.7. The monoisotopic (exact) mass is 440 g/mol. The molecule has 1 aliphatic rings. The highest BCUT2D eigenvalue weighted by molar-refractivity contribution is 7.22. The average molecular weight is 441 g/mol. The summed E-state index contributed by atoms with van der Waals surface area (Å²) in [4.78, 5) is 19.2. The number of halogens is 4. The molecule has 0 radical (unpaired) electrons. The predicted molar refractivity (Wildman–Crippen MR) is 107 cm³/mol. The number of alkyl halides is 3. The van der Waals surface area contributed by atoms with Crippen molar-refractivity contribution in [3.63, 3.8) is 0 Å². The molecule has 1 amide bonds. The van der Waals surface area contributed by atoms with Gasteiger partial charge in [0, 0.05) is 17.2 Å². The van der Waals surface area contributed by atoms with Crippen molar-refractivity contribution in [2.75, 3.05) is 18.1 Å². The highest BCUT2D eigenvalue weighted by Crippen LogP contribution is 2.33. The van der Waals surface area contributed by atoms with Crippen LogP contribution in [-0.2, 0) is 10.9 Å². The van der Waals surface area contributed by atoms with Gasteiger partial charge in [-0.05, 0) is 55.3 Å². The van der Waals surface area contributed by atoms with Crippen LogP contribution < -0.4 is 4.90 Å². The van der Waals surface area contributed by atoms with E-state index in [4.69, 9.17) is 16.3 Å². The predicted octanol–water partition coefficient (Wildman–Crippen LogP) is 5.79. The number of thiazole rings is 1. The molecule has 0 aliphatic carbocycles. The van der Waals surface area contributed by atoms with Gasteiger partial charge in [-0.3, -0.25) is 9.69 Å². The number of carbonyl (C=O) groups excluding carboxylic acids is 1. The summed E-state index contributed by atoms with van der Waals surface area (Å²) in [5.74, 6) is -0.417. The first-order valence-corrected chi connectivity index (χ1v) is 10.2. The maximum atomic E-state index is 13.2. The van der Waals surface area contributed by atoms with Crippen molar-refractivity contribution in [1.29, 1.82) is 0 Å². The summed E-state index contributed by atoms with van der Waals surface area (Å²) in [6.45, 7) is 0.913. The number of amides is 1. The summed E-state index contributed by atoms with van der Waals surface area (Å²) in [6, 6.07) is 9.46. The molecule has 3 aromatic rings. The topological polar surface area (TPSA) is 42.4 Å². The fourth-order valence-electron chi connectivity index (χ4n) is 3.20. The highest BCUT2D eigenvalue weighted by Gasteiger charge is 2.31. The van der Waals surface area contributed by atoms with Gasteiger partial charge in [0.2, 0.25) is 0 Å². The SMILES string of the molecule is O=C(c1ccc(C(F)(F)F)cc1)N(CC1CCCO1)c1nc2ccc(Cl)cc2s1. The normalized spacial score (nSPS) is 17.0. The summed E-state index contributed by atoms with van der Waals surface area (Å²) in [5, 5.41) is 1.02. The lowest BCUT2D eigenvalue weighted by Crippen LogP contribution is -2.37. The van der Waals surface area contributed by atoms with Crippen LogP contribution >= 0.6 is 22.9 Å². The minimum atomic E-state index is -4.45. The molecule has 1 aliphatic heterocycles. The van der Waals surface area contributed by atoms with Crippen molar-refractivity contribution in [3.8, 4) is 0 Å². The fourth-order valence-corrected chi connectivity index (χ4v) is 4.45. The summed E-state index contributed by atoms with van der Waals surface area (Å²) in [7, 11) is 0. The molecule has 0 bridgehead atoms. The Kier molecular flexibility index (Phi) is 5.50. The number of rotatable bonds is 4. The first-order valence-electron chi connectivity index (χ1n) is 8.98. The molecule has 9 heteroatoms. The zero-order valence-electron chi connectivity index (χ0n) is 15.1. The van der Waals surface area contributed by atoms with E-state index in [1.807, 2.05) is 0 Å².